The maximum atomic E-state index is 2.31. The van der Waals surface area contributed by atoms with Gasteiger partial charge in [-0.15, -0.1) is 0 Å². The zero-order valence-corrected chi connectivity index (χ0v) is 14.2. The molecule has 1 heteroatoms. The summed E-state index contributed by atoms with van der Waals surface area (Å²) in [7, 11) is 2.14. The zero-order valence-electron chi connectivity index (χ0n) is 14.2. The van der Waals surface area contributed by atoms with Gasteiger partial charge in [-0.1, -0.05) is 60.7 Å². The predicted octanol–water partition coefficient (Wildman–Crippen LogP) is 6.33. The topological polar surface area (TPSA) is 3.24 Å². The van der Waals surface area contributed by atoms with E-state index >= 15 is 0 Å². The third-order valence-electron chi connectivity index (χ3n) is 5.23. The largest absolute Gasteiger partial charge is 0.345 e. The Morgan fingerprint density at radius 3 is 2.44 bits per heavy atom. The lowest BCUT2D eigenvalue weighted by atomic mass is 9.94. The fourth-order valence-corrected chi connectivity index (χ4v) is 3.94. The molecule has 0 spiro atoms. The second-order valence-corrected chi connectivity index (χ2v) is 6.71. The molecule has 1 aliphatic rings. The number of allylic oxidation sites excluding steroid dienone is 1. The van der Waals surface area contributed by atoms with Gasteiger partial charge in [0.25, 0.3) is 0 Å². The lowest BCUT2D eigenvalue weighted by molar-refractivity contribution is 1.21. The number of para-hydroxylation sites is 1. The minimum Gasteiger partial charge on any atom is -0.345 e. The van der Waals surface area contributed by atoms with Crippen molar-refractivity contribution in [2.45, 2.75) is 6.42 Å². The summed E-state index contributed by atoms with van der Waals surface area (Å²) in [5.41, 5.74) is 5.15. The molecule has 4 aromatic rings. The van der Waals surface area contributed by atoms with Crippen molar-refractivity contribution in [3.63, 3.8) is 0 Å². The van der Waals surface area contributed by atoms with Gasteiger partial charge >= 0.3 is 0 Å². The van der Waals surface area contributed by atoms with E-state index in [1.54, 1.807) is 0 Å². The average molecular weight is 321 g/mol. The third kappa shape index (κ3) is 2.24. The van der Waals surface area contributed by atoms with E-state index in [0.717, 1.165) is 6.42 Å². The van der Waals surface area contributed by atoms with Crippen molar-refractivity contribution in [2.75, 3.05) is 11.9 Å². The van der Waals surface area contributed by atoms with Crippen LogP contribution in [0.3, 0.4) is 0 Å². The van der Waals surface area contributed by atoms with Crippen LogP contribution in [0.15, 0.2) is 78.9 Å². The van der Waals surface area contributed by atoms with E-state index in [0.29, 0.717) is 0 Å². The minimum atomic E-state index is 0.995. The van der Waals surface area contributed by atoms with Gasteiger partial charge in [0.05, 0.1) is 0 Å². The van der Waals surface area contributed by atoms with Crippen molar-refractivity contribution in [3.05, 3.63) is 90.0 Å². The summed E-state index contributed by atoms with van der Waals surface area (Å²) in [5.74, 6) is 0. The molecule has 1 aliphatic carbocycles. The Labute approximate surface area is 147 Å². The van der Waals surface area contributed by atoms with Crippen LogP contribution in [-0.4, -0.2) is 7.05 Å². The molecule has 0 N–H and O–H groups in total. The zero-order chi connectivity index (χ0) is 16.8. The molecule has 1 nitrogen and oxygen atoms in total. The normalized spacial score (nSPS) is 12.7. The highest BCUT2D eigenvalue weighted by molar-refractivity contribution is 6.14. The average Bonchev–Trinajstić information content (AvgIpc) is 2.86. The van der Waals surface area contributed by atoms with Crippen LogP contribution < -0.4 is 4.90 Å². The molecule has 0 aromatic heterocycles. The van der Waals surface area contributed by atoms with E-state index in [9.17, 15) is 0 Å². The molecule has 0 heterocycles. The molecule has 0 bridgehead atoms. The van der Waals surface area contributed by atoms with Crippen molar-refractivity contribution >= 4 is 39.0 Å². The highest BCUT2D eigenvalue weighted by Gasteiger charge is 2.13. The fourth-order valence-electron chi connectivity index (χ4n) is 3.94. The summed E-state index contributed by atoms with van der Waals surface area (Å²) in [4.78, 5) is 2.25. The van der Waals surface area contributed by atoms with E-state index < -0.39 is 0 Å². The maximum Gasteiger partial charge on any atom is 0.0420 e. The van der Waals surface area contributed by atoms with E-state index in [1.807, 2.05) is 0 Å². The number of hydrogen-bond donors (Lipinski definition) is 0. The van der Waals surface area contributed by atoms with Gasteiger partial charge in [0.15, 0.2) is 0 Å². The first-order chi connectivity index (χ1) is 12.3. The molecular formula is C24H19N. The van der Waals surface area contributed by atoms with E-state index in [4.69, 9.17) is 0 Å². The van der Waals surface area contributed by atoms with Gasteiger partial charge in [0, 0.05) is 18.4 Å². The lowest BCUT2D eigenvalue weighted by Crippen LogP contribution is -2.09. The maximum absolute atomic E-state index is 2.31. The van der Waals surface area contributed by atoms with E-state index in [2.05, 4.69) is 96.9 Å². The molecule has 5 rings (SSSR count). The molecule has 0 radical (unpaired) electrons. The summed E-state index contributed by atoms with van der Waals surface area (Å²) in [6.45, 7) is 0. The Morgan fingerprint density at radius 2 is 1.56 bits per heavy atom. The first-order valence-corrected chi connectivity index (χ1v) is 8.75. The second-order valence-electron chi connectivity index (χ2n) is 6.71. The van der Waals surface area contributed by atoms with Crippen LogP contribution in [0, 0.1) is 0 Å². The van der Waals surface area contributed by atoms with Crippen molar-refractivity contribution in [1.82, 2.24) is 0 Å². The predicted molar refractivity (Wildman–Crippen MR) is 109 cm³/mol. The summed E-state index contributed by atoms with van der Waals surface area (Å²) in [5, 5.41) is 5.43. The Morgan fingerprint density at radius 1 is 0.720 bits per heavy atom. The Bertz CT molecular complexity index is 1120. The summed E-state index contributed by atoms with van der Waals surface area (Å²) in [6.07, 6.45) is 5.56. The van der Waals surface area contributed by atoms with E-state index in [1.165, 1.54) is 44.0 Å². The molecule has 0 saturated heterocycles. The molecule has 0 saturated carbocycles. The van der Waals surface area contributed by atoms with Gasteiger partial charge in [-0.05, 0) is 63.4 Å². The quantitative estimate of drug-likeness (QED) is 0.390. The molecule has 0 fully saturated rings. The van der Waals surface area contributed by atoms with Crippen molar-refractivity contribution in [3.8, 4) is 0 Å². The standard InChI is InChI=1S/C24H19N/c1-25(21-11-3-2-4-12-21)22-15-19-10-6-8-17-7-5-9-18-13-14-20(16-22)24(19)23(17)18/h2-7,9-16H,8H2,1H3. The third-order valence-corrected chi connectivity index (χ3v) is 5.23. The van der Waals surface area contributed by atoms with Gasteiger partial charge in [-0.2, -0.15) is 0 Å². The number of hydrogen-bond acceptors (Lipinski definition) is 1. The Hall–Kier alpha value is -3.06. The van der Waals surface area contributed by atoms with Crippen LogP contribution in [0.25, 0.3) is 27.6 Å². The van der Waals surface area contributed by atoms with Crippen molar-refractivity contribution in [2.24, 2.45) is 0 Å². The van der Waals surface area contributed by atoms with Crippen LogP contribution in [0.4, 0.5) is 11.4 Å². The molecule has 0 aliphatic heterocycles. The number of rotatable bonds is 2. The highest BCUT2D eigenvalue weighted by atomic mass is 15.1. The van der Waals surface area contributed by atoms with Crippen LogP contribution in [-0.2, 0) is 6.42 Å². The first-order valence-electron chi connectivity index (χ1n) is 8.75. The fraction of sp³-hybridized carbons (Fsp3) is 0.0833. The summed E-state index contributed by atoms with van der Waals surface area (Å²) in [6, 6.07) is 26.3. The molecule has 4 aromatic carbocycles. The second kappa shape index (κ2) is 5.49. The minimum absolute atomic E-state index is 0.995. The van der Waals surface area contributed by atoms with Crippen molar-refractivity contribution < 1.29 is 0 Å². The highest BCUT2D eigenvalue weighted by Crippen LogP contribution is 2.37. The SMILES string of the molecule is CN(c1ccccc1)c1cc2c3c(ccc4cccc(c43)CC=C2)c1. The Kier molecular flexibility index (Phi) is 3.14. The van der Waals surface area contributed by atoms with Crippen molar-refractivity contribution in [1.29, 1.82) is 0 Å². The van der Waals surface area contributed by atoms with Gasteiger partial charge in [0.2, 0.25) is 0 Å². The first kappa shape index (κ1) is 14.3. The lowest BCUT2D eigenvalue weighted by Gasteiger charge is -2.21. The number of anilines is 2. The molecule has 0 unspecified atom stereocenters. The molecule has 0 amide bonds. The van der Waals surface area contributed by atoms with Crippen LogP contribution >= 0.6 is 0 Å². The molecule has 120 valence electrons. The molecular weight excluding hydrogens is 302 g/mol. The van der Waals surface area contributed by atoms with Crippen LogP contribution in [0.5, 0.6) is 0 Å². The smallest absolute Gasteiger partial charge is 0.0420 e. The monoisotopic (exact) mass is 321 g/mol. The summed E-state index contributed by atoms with van der Waals surface area (Å²) >= 11 is 0. The molecule has 25 heavy (non-hydrogen) atoms. The Balaban J connectivity index is 1.80. The van der Waals surface area contributed by atoms with Gasteiger partial charge in [-0.25, -0.2) is 0 Å². The van der Waals surface area contributed by atoms with Crippen LogP contribution in [0.2, 0.25) is 0 Å². The van der Waals surface area contributed by atoms with Gasteiger partial charge < -0.3 is 4.90 Å². The van der Waals surface area contributed by atoms with E-state index in [-0.39, 0.29) is 0 Å². The summed E-state index contributed by atoms with van der Waals surface area (Å²) < 4.78 is 0. The van der Waals surface area contributed by atoms with Gasteiger partial charge in [-0.3, -0.25) is 0 Å². The van der Waals surface area contributed by atoms with Crippen LogP contribution in [0.1, 0.15) is 11.1 Å². The molecule has 0 atom stereocenters. The van der Waals surface area contributed by atoms with Gasteiger partial charge in [0.1, 0.15) is 0 Å². The number of nitrogens with zero attached hydrogens (tertiary/aromatic N) is 1. The number of benzene rings is 4.